The van der Waals surface area contributed by atoms with Crippen LogP contribution in [0.5, 0.6) is 17.5 Å². The Balaban J connectivity index is 1.39. The first-order valence-electron chi connectivity index (χ1n) is 9.57. The van der Waals surface area contributed by atoms with Gasteiger partial charge in [0.2, 0.25) is 0 Å². The number of nitrogens with zero attached hydrogens (tertiary/aromatic N) is 2. The molecule has 1 heterocycles. The lowest BCUT2D eigenvalue weighted by molar-refractivity contribution is -0.124. The fourth-order valence-corrected chi connectivity index (χ4v) is 3.31. The highest BCUT2D eigenvalue weighted by Gasteiger charge is 2.24. The van der Waals surface area contributed by atoms with E-state index in [0.717, 1.165) is 42.8 Å². The van der Waals surface area contributed by atoms with Crippen LogP contribution in [0.2, 0.25) is 0 Å². The van der Waals surface area contributed by atoms with Crippen molar-refractivity contribution in [1.82, 2.24) is 15.3 Å². The van der Waals surface area contributed by atoms with Crippen LogP contribution in [-0.4, -0.2) is 41.7 Å². The van der Waals surface area contributed by atoms with Crippen molar-refractivity contribution in [3.05, 3.63) is 41.7 Å². The summed E-state index contributed by atoms with van der Waals surface area (Å²) in [6.07, 6.45) is 3.54. The van der Waals surface area contributed by atoms with Gasteiger partial charge < -0.3 is 19.5 Å². The number of hydrogen-bond donors (Lipinski definition) is 1. The molecule has 150 valence electrons. The van der Waals surface area contributed by atoms with Crippen LogP contribution in [0.25, 0.3) is 0 Å². The summed E-state index contributed by atoms with van der Waals surface area (Å²) in [4.78, 5) is 20.8. The van der Waals surface area contributed by atoms with E-state index < -0.39 is 0 Å². The number of hydrogen-bond acceptors (Lipinski definition) is 6. The summed E-state index contributed by atoms with van der Waals surface area (Å²) in [7, 11) is 1.61. The summed E-state index contributed by atoms with van der Waals surface area (Å²) in [5, 5.41) is 3.04. The second-order valence-corrected chi connectivity index (χ2v) is 7.06. The standard InChI is InChI=1S/C21H27N3O4/c1-14-12-15(2)23-21(22-14)28-19-6-4-16(5-7-19)24-20(25)13-27-18-10-8-17(26-3)9-11-18/h8-12,16,19H,4-7,13H2,1-3H3,(H,24,25). The van der Waals surface area contributed by atoms with Gasteiger partial charge in [-0.25, -0.2) is 9.97 Å². The van der Waals surface area contributed by atoms with Crippen LogP contribution in [0.3, 0.4) is 0 Å². The quantitative estimate of drug-likeness (QED) is 0.789. The van der Waals surface area contributed by atoms with Crippen molar-refractivity contribution in [2.75, 3.05) is 13.7 Å². The van der Waals surface area contributed by atoms with E-state index in [4.69, 9.17) is 14.2 Å². The van der Waals surface area contributed by atoms with E-state index >= 15 is 0 Å². The molecule has 1 amide bonds. The van der Waals surface area contributed by atoms with Crippen LogP contribution >= 0.6 is 0 Å². The van der Waals surface area contributed by atoms with E-state index in [-0.39, 0.29) is 24.7 Å². The van der Waals surface area contributed by atoms with Crippen LogP contribution in [0, 0.1) is 13.8 Å². The van der Waals surface area contributed by atoms with Gasteiger partial charge in [0, 0.05) is 17.4 Å². The minimum absolute atomic E-state index is 0.000827. The van der Waals surface area contributed by atoms with Crippen LogP contribution < -0.4 is 19.5 Å². The molecular weight excluding hydrogens is 358 g/mol. The number of aromatic nitrogens is 2. The van der Waals surface area contributed by atoms with Crippen molar-refractivity contribution in [1.29, 1.82) is 0 Å². The van der Waals surface area contributed by atoms with E-state index in [1.54, 1.807) is 31.4 Å². The third kappa shape index (κ3) is 5.84. The SMILES string of the molecule is COc1ccc(OCC(=O)NC2CCC(Oc3nc(C)cc(C)n3)CC2)cc1. The summed E-state index contributed by atoms with van der Waals surface area (Å²) in [6.45, 7) is 3.86. The van der Waals surface area contributed by atoms with Gasteiger partial charge in [-0.15, -0.1) is 0 Å². The lowest BCUT2D eigenvalue weighted by atomic mass is 9.93. The van der Waals surface area contributed by atoms with Crippen molar-refractivity contribution in [2.24, 2.45) is 0 Å². The molecule has 1 aromatic heterocycles. The van der Waals surface area contributed by atoms with Crippen LogP contribution in [0.15, 0.2) is 30.3 Å². The number of carbonyl (C=O) groups excluding carboxylic acids is 1. The molecule has 1 fully saturated rings. The molecule has 0 unspecified atom stereocenters. The first kappa shape index (κ1) is 19.9. The number of nitrogens with one attached hydrogen (secondary N) is 1. The average molecular weight is 385 g/mol. The van der Waals surface area contributed by atoms with Crippen molar-refractivity contribution in [2.45, 2.75) is 51.7 Å². The monoisotopic (exact) mass is 385 g/mol. The molecule has 7 heteroatoms. The van der Waals surface area contributed by atoms with Crippen LogP contribution in [0.1, 0.15) is 37.1 Å². The van der Waals surface area contributed by atoms with Gasteiger partial charge in [0.1, 0.15) is 17.6 Å². The lowest BCUT2D eigenvalue weighted by Gasteiger charge is -2.29. The zero-order valence-electron chi connectivity index (χ0n) is 16.6. The van der Waals surface area contributed by atoms with E-state index in [2.05, 4.69) is 15.3 Å². The number of methoxy groups -OCH3 is 1. The minimum atomic E-state index is -0.113. The maximum Gasteiger partial charge on any atom is 0.317 e. The summed E-state index contributed by atoms with van der Waals surface area (Å²) >= 11 is 0. The van der Waals surface area contributed by atoms with Gasteiger partial charge in [-0.05, 0) is 69.9 Å². The smallest absolute Gasteiger partial charge is 0.317 e. The molecule has 3 rings (SSSR count). The predicted octanol–water partition coefficient (Wildman–Crippen LogP) is 2.99. The Bertz CT molecular complexity index is 766. The first-order chi connectivity index (χ1) is 13.5. The molecule has 1 N–H and O–H groups in total. The van der Waals surface area contributed by atoms with Gasteiger partial charge in [-0.1, -0.05) is 0 Å². The molecule has 1 aromatic carbocycles. The predicted molar refractivity (Wildman–Crippen MR) is 105 cm³/mol. The normalized spacial score (nSPS) is 19.0. The Kier molecular flexibility index (Phi) is 6.68. The fraction of sp³-hybridized carbons (Fsp3) is 0.476. The maximum absolute atomic E-state index is 12.1. The second-order valence-electron chi connectivity index (χ2n) is 7.06. The van der Waals surface area contributed by atoms with Crippen molar-refractivity contribution >= 4 is 5.91 Å². The van der Waals surface area contributed by atoms with E-state index in [1.165, 1.54) is 0 Å². The van der Waals surface area contributed by atoms with E-state index in [0.29, 0.717) is 11.8 Å². The Labute approximate surface area is 165 Å². The molecule has 2 aromatic rings. The Hall–Kier alpha value is -2.83. The Morgan fingerprint density at radius 2 is 1.64 bits per heavy atom. The molecule has 1 aliphatic carbocycles. The van der Waals surface area contributed by atoms with E-state index in [1.807, 2.05) is 19.9 Å². The van der Waals surface area contributed by atoms with Gasteiger partial charge in [0.15, 0.2) is 6.61 Å². The molecule has 0 bridgehead atoms. The number of aryl methyl sites for hydroxylation is 2. The third-order valence-corrected chi connectivity index (χ3v) is 4.70. The Morgan fingerprint density at radius 3 is 2.25 bits per heavy atom. The maximum atomic E-state index is 12.1. The number of ether oxygens (including phenoxy) is 3. The fourth-order valence-electron chi connectivity index (χ4n) is 3.31. The summed E-state index contributed by atoms with van der Waals surface area (Å²) in [6, 6.07) is 9.67. The summed E-state index contributed by atoms with van der Waals surface area (Å²) < 4.78 is 16.5. The zero-order valence-corrected chi connectivity index (χ0v) is 16.6. The van der Waals surface area contributed by atoms with Crippen molar-refractivity contribution in [3.8, 4) is 17.5 Å². The highest BCUT2D eigenvalue weighted by atomic mass is 16.5. The molecule has 1 saturated carbocycles. The number of carbonyl (C=O) groups is 1. The molecule has 0 saturated heterocycles. The number of rotatable bonds is 7. The van der Waals surface area contributed by atoms with Gasteiger partial charge in [-0.2, -0.15) is 0 Å². The minimum Gasteiger partial charge on any atom is -0.497 e. The lowest BCUT2D eigenvalue weighted by Crippen LogP contribution is -2.41. The second kappa shape index (κ2) is 9.39. The van der Waals surface area contributed by atoms with Crippen LogP contribution in [0.4, 0.5) is 0 Å². The first-order valence-corrected chi connectivity index (χ1v) is 9.57. The zero-order chi connectivity index (χ0) is 19.9. The molecule has 28 heavy (non-hydrogen) atoms. The third-order valence-electron chi connectivity index (χ3n) is 4.70. The van der Waals surface area contributed by atoms with Crippen LogP contribution in [-0.2, 0) is 4.79 Å². The highest BCUT2D eigenvalue weighted by Crippen LogP contribution is 2.23. The largest absolute Gasteiger partial charge is 0.497 e. The van der Waals surface area contributed by atoms with Gasteiger partial charge in [-0.3, -0.25) is 4.79 Å². The molecule has 0 aliphatic heterocycles. The number of benzene rings is 1. The Morgan fingerprint density at radius 1 is 1.04 bits per heavy atom. The van der Waals surface area contributed by atoms with E-state index in [9.17, 15) is 4.79 Å². The molecule has 1 aliphatic rings. The van der Waals surface area contributed by atoms with Gasteiger partial charge in [0.05, 0.1) is 7.11 Å². The summed E-state index contributed by atoms with van der Waals surface area (Å²) in [5.74, 6) is 1.28. The van der Waals surface area contributed by atoms with Gasteiger partial charge in [0.25, 0.3) is 5.91 Å². The molecule has 0 spiro atoms. The van der Waals surface area contributed by atoms with Crippen molar-refractivity contribution in [3.63, 3.8) is 0 Å². The molecular formula is C21H27N3O4. The molecule has 0 atom stereocenters. The van der Waals surface area contributed by atoms with Crippen molar-refractivity contribution < 1.29 is 19.0 Å². The molecule has 7 nitrogen and oxygen atoms in total. The topological polar surface area (TPSA) is 82.6 Å². The highest BCUT2D eigenvalue weighted by molar-refractivity contribution is 5.77. The summed E-state index contributed by atoms with van der Waals surface area (Å²) in [5.41, 5.74) is 1.81. The molecule has 0 radical (unpaired) electrons. The van der Waals surface area contributed by atoms with Gasteiger partial charge >= 0.3 is 6.01 Å². The average Bonchev–Trinajstić information content (AvgIpc) is 2.67. The number of amides is 1.